The van der Waals surface area contributed by atoms with Crippen molar-refractivity contribution in [3.8, 4) is 0 Å². The third-order valence-electron chi connectivity index (χ3n) is 6.90. The highest BCUT2D eigenvalue weighted by Crippen LogP contribution is 2.42. The van der Waals surface area contributed by atoms with Crippen molar-refractivity contribution in [2.75, 3.05) is 13.1 Å². The summed E-state index contributed by atoms with van der Waals surface area (Å²) in [5.41, 5.74) is -1.06. The SMILES string of the molecule is CCCN(CC)C(C)(CC)C(C)(CC)C(=O)BNC(C)(CC)C(C)=O. The van der Waals surface area contributed by atoms with Crippen LogP contribution in [0.2, 0.25) is 0 Å². The molecule has 0 bridgehead atoms. The maximum atomic E-state index is 13.3. The van der Waals surface area contributed by atoms with Crippen molar-refractivity contribution in [2.24, 2.45) is 5.41 Å². The van der Waals surface area contributed by atoms with Gasteiger partial charge in [0, 0.05) is 11.0 Å². The van der Waals surface area contributed by atoms with Crippen LogP contribution >= 0.6 is 0 Å². The molecule has 146 valence electrons. The fourth-order valence-corrected chi connectivity index (χ4v) is 3.83. The molecule has 3 unspecified atom stereocenters. The quantitative estimate of drug-likeness (QED) is 0.515. The van der Waals surface area contributed by atoms with Crippen LogP contribution < -0.4 is 5.23 Å². The van der Waals surface area contributed by atoms with Crippen LogP contribution in [0.1, 0.15) is 88.0 Å². The molecule has 0 saturated carbocycles. The fourth-order valence-electron chi connectivity index (χ4n) is 3.83. The second-order valence-corrected chi connectivity index (χ2v) is 7.91. The van der Waals surface area contributed by atoms with Gasteiger partial charge in [0.05, 0.1) is 5.54 Å². The van der Waals surface area contributed by atoms with Crippen molar-refractivity contribution in [1.29, 1.82) is 0 Å². The molecular formula is C20H41BN2O2. The number of hydrogen-bond acceptors (Lipinski definition) is 4. The molecule has 0 saturated heterocycles. The average molecular weight is 352 g/mol. The number of carbonyl (C=O) groups excluding carboxylic acids is 2. The van der Waals surface area contributed by atoms with Crippen molar-refractivity contribution in [3.05, 3.63) is 0 Å². The van der Waals surface area contributed by atoms with Crippen molar-refractivity contribution in [2.45, 2.75) is 99.1 Å². The van der Waals surface area contributed by atoms with E-state index in [9.17, 15) is 9.59 Å². The molecule has 0 spiro atoms. The molecule has 0 aromatic heterocycles. The van der Waals surface area contributed by atoms with Gasteiger partial charge >= 0.3 is 0 Å². The predicted octanol–water partition coefficient (Wildman–Crippen LogP) is 3.53. The van der Waals surface area contributed by atoms with Crippen LogP contribution in [-0.2, 0) is 9.59 Å². The van der Waals surface area contributed by atoms with Crippen molar-refractivity contribution >= 4 is 18.9 Å². The first-order valence-electron chi connectivity index (χ1n) is 10.1. The maximum Gasteiger partial charge on any atom is 0.284 e. The minimum absolute atomic E-state index is 0.0837. The zero-order valence-electron chi connectivity index (χ0n) is 18.2. The summed E-state index contributed by atoms with van der Waals surface area (Å²) in [4.78, 5) is 27.7. The maximum absolute atomic E-state index is 13.3. The molecule has 0 radical (unpaired) electrons. The highest BCUT2D eigenvalue weighted by Gasteiger charge is 2.50. The van der Waals surface area contributed by atoms with Crippen LogP contribution in [0.25, 0.3) is 0 Å². The lowest BCUT2D eigenvalue weighted by Gasteiger charge is -2.52. The molecule has 0 aliphatic rings. The average Bonchev–Trinajstić information content (AvgIpc) is 2.61. The van der Waals surface area contributed by atoms with Crippen LogP contribution in [0.15, 0.2) is 0 Å². The van der Waals surface area contributed by atoms with E-state index in [0.717, 1.165) is 32.4 Å². The minimum Gasteiger partial charge on any atom is -0.341 e. The number of rotatable bonds is 13. The molecular weight excluding hydrogens is 311 g/mol. The molecule has 0 aliphatic heterocycles. The van der Waals surface area contributed by atoms with E-state index in [1.165, 1.54) is 0 Å². The van der Waals surface area contributed by atoms with Crippen LogP contribution in [-0.4, -0.2) is 47.9 Å². The summed E-state index contributed by atoms with van der Waals surface area (Å²) < 4.78 is 0. The topological polar surface area (TPSA) is 49.4 Å². The van der Waals surface area contributed by atoms with Gasteiger partial charge in [-0.15, -0.1) is 0 Å². The Morgan fingerprint density at radius 3 is 1.84 bits per heavy atom. The first-order chi connectivity index (χ1) is 11.5. The van der Waals surface area contributed by atoms with Gasteiger partial charge in [-0.2, -0.15) is 0 Å². The van der Waals surface area contributed by atoms with Crippen molar-refractivity contribution in [1.82, 2.24) is 10.1 Å². The van der Waals surface area contributed by atoms with E-state index >= 15 is 0 Å². The Kier molecular flexibility index (Phi) is 9.60. The molecule has 0 rings (SSSR count). The fraction of sp³-hybridized carbons (Fsp3) is 0.900. The molecule has 3 atom stereocenters. The largest absolute Gasteiger partial charge is 0.341 e. The van der Waals surface area contributed by atoms with E-state index in [1.807, 2.05) is 13.8 Å². The number of nitrogens with one attached hydrogen (secondary N) is 1. The summed E-state index contributed by atoms with van der Waals surface area (Å²) in [7, 11) is 0.244. The van der Waals surface area contributed by atoms with Crippen LogP contribution in [0.5, 0.6) is 0 Å². The molecule has 4 nitrogen and oxygen atoms in total. The predicted molar refractivity (Wildman–Crippen MR) is 109 cm³/mol. The normalized spacial score (nSPS) is 19.0. The number of nitrogens with zero attached hydrogens (tertiary/aromatic N) is 1. The van der Waals surface area contributed by atoms with Gasteiger partial charge in [0.25, 0.3) is 7.41 Å². The summed E-state index contributed by atoms with van der Waals surface area (Å²) in [5.74, 6) is 0.0837. The summed E-state index contributed by atoms with van der Waals surface area (Å²) in [6.45, 7) is 20.4. The monoisotopic (exact) mass is 352 g/mol. The van der Waals surface area contributed by atoms with E-state index in [4.69, 9.17) is 0 Å². The standard InChI is InChI=1S/C20H41BN2O2/c1-10-15-23(14-5)20(9,13-4)18(7,11-2)17(25)21-22-19(8,12-3)16(6)24/h21-22H,10-15H2,1-9H3. The first-order valence-corrected chi connectivity index (χ1v) is 10.1. The van der Waals surface area contributed by atoms with E-state index in [2.05, 4.69) is 51.7 Å². The molecule has 0 aliphatic carbocycles. The van der Waals surface area contributed by atoms with Crippen LogP contribution in [0.4, 0.5) is 0 Å². The number of carbonyl (C=O) groups is 2. The molecule has 25 heavy (non-hydrogen) atoms. The third kappa shape index (κ3) is 4.94. The Morgan fingerprint density at radius 1 is 0.960 bits per heavy atom. The molecule has 1 N–H and O–H groups in total. The van der Waals surface area contributed by atoms with Gasteiger partial charge < -0.3 is 10.0 Å². The van der Waals surface area contributed by atoms with Crippen LogP contribution in [0.3, 0.4) is 0 Å². The van der Waals surface area contributed by atoms with Gasteiger partial charge in [0.2, 0.25) is 0 Å². The van der Waals surface area contributed by atoms with Gasteiger partial charge in [-0.3, -0.25) is 9.69 Å². The Morgan fingerprint density at radius 2 is 1.52 bits per heavy atom. The van der Waals surface area contributed by atoms with Gasteiger partial charge in [-0.1, -0.05) is 41.5 Å². The zero-order valence-corrected chi connectivity index (χ0v) is 18.2. The summed E-state index contributed by atoms with van der Waals surface area (Å²) in [6.07, 6.45) is 3.48. The van der Waals surface area contributed by atoms with E-state index in [1.54, 1.807) is 6.92 Å². The smallest absolute Gasteiger partial charge is 0.284 e. The lowest BCUT2D eigenvalue weighted by Crippen LogP contribution is -2.63. The second-order valence-electron chi connectivity index (χ2n) is 7.91. The van der Waals surface area contributed by atoms with E-state index in [0.29, 0.717) is 6.42 Å². The number of ketones is 1. The van der Waals surface area contributed by atoms with Gasteiger partial charge in [0.1, 0.15) is 11.5 Å². The summed E-state index contributed by atoms with van der Waals surface area (Å²) in [5, 5.41) is 3.25. The van der Waals surface area contributed by atoms with Gasteiger partial charge in [0.15, 0.2) is 0 Å². The number of Topliss-reactive ketones (excluding diaryl/α,β-unsaturated/α-hetero) is 1. The zero-order chi connectivity index (χ0) is 19.9. The Labute approximate surface area is 156 Å². The second kappa shape index (κ2) is 9.87. The van der Waals surface area contributed by atoms with E-state index < -0.39 is 11.0 Å². The Bertz CT molecular complexity index is 457. The molecule has 0 aromatic rings. The van der Waals surface area contributed by atoms with Crippen molar-refractivity contribution in [3.63, 3.8) is 0 Å². The Balaban J connectivity index is 5.60. The summed E-state index contributed by atoms with van der Waals surface area (Å²) in [6, 6.07) is 0. The third-order valence-corrected chi connectivity index (χ3v) is 6.90. The molecule has 0 heterocycles. The van der Waals surface area contributed by atoms with Crippen molar-refractivity contribution < 1.29 is 9.59 Å². The highest BCUT2D eigenvalue weighted by atomic mass is 16.1. The lowest BCUT2D eigenvalue weighted by molar-refractivity contribution is -0.130. The van der Waals surface area contributed by atoms with E-state index in [-0.39, 0.29) is 24.4 Å². The molecule has 0 amide bonds. The first kappa shape index (κ1) is 24.3. The lowest BCUT2D eigenvalue weighted by atomic mass is 9.57. The summed E-state index contributed by atoms with van der Waals surface area (Å²) >= 11 is 0. The highest BCUT2D eigenvalue weighted by molar-refractivity contribution is 6.73. The van der Waals surface area contributed by atoms with Gasteiger partial charge in [-0.05, 0) is 59.5 Å². The molecule has 0 aromatic carbocycles. The molecule has 5 heteroatoms. The molecule has 0 fully saturated rings. The van der Waals surface area contributed by atoms with Crippen LogP contribution in [0, 0.1) is 5.41 Å². The number of hydrogen-bond donors (Lipinski definition) is 1. The Hall–Kier alpha value is -0.675. The van der Waals surface area contributed by atoms with Gasteiger partial charge in [-0.25, -0.2) is 0 Å². The minimum atomic E-state index is -0.624.